The number of hydrogen-bond donors (Lipinski definition) is 1. The van der Waals surface area contributed by atoms with E-state index in [1.165, 1.54) is 22.2 Å². The molecule has 108 valence electrons. The number of nitrogens with two attached hydrogens (primary N) is 1. The van der Waals surface area contributed by atoms with Crippen LogP contribution in [0.5, 0.6) is 0 Å². The molecule has 3 rings (SSSR count). The molecule has 3 heteroatoms. The Kier molecular flexibility index (Phi) is 3.52. The van der Waals surface area contributed by atoms with Gasteiger partial charge in [-0.05, 0) is 44.0 Å². The van der Waals surface area contributed by atoms with E-state index in [1.807, 2.05) is 0 Å². The molecule has 3 nitrogen and oxygen atoms in total. The number of hydrogen-bond acceptors (Lipinski definition) is 2. The van der Waals surface area contributed by atoms with Crippen LogP contribution in [0.25, 0.3) is 22.4 Å². The Morgan fingerprint density at radius 3 is 2.57 bits per heavy atom. The summed E-state index contributed by atoms with van der Waals surface area (Å²) in [4.78, 5) is 4.86. The van der Waals surface area contributed by atoms with E-state index in [9.17, 15) is 0 Å². The van der Waals surface area contributed by atoms with Crippen LogP contribution in [0.4, 0.5) is 0 Å². The number of aryl methyl sites for hydroxylation is 3. The Morgan fingerprint density at radius 2 is 1.90 bits per heavy atom. The van der Waals surface area contributed by atoms with Crippen LogP contribution in [0.1, 0.15) is 23.6 Å². The van der Waals surface area contributed by atoms with Crippen LogP contribution in [0.2, 0.25) is 0 Å². The minimum absolute atomic E-state index is 0.549. The SMILES string of the molecule is CCn1c(-c2ccc(C)cc2C)nc2cc(CN)ccc21. The molecule has 0 saturated heterocycles. The van der Waals surface area contributed by atoms with Crippen molar-refractivity contribution in [1.82, 2.24) is 9.55 Å². The second kappa shape index (κ2) is 5.34. The number of imidazole rings is 1. The molecule has 0 aliphatic heterocycles. The van der Waals surface area contributed by atoms with Crippen molar-refractivity contribution in [3.8, 4) is 11.4 Å². The van der Waals surface area contributed by atoms with E-state index in [0.717, 1.165) is 23.4 Å². The van der Waals surface area contributed by atoms with Crippen LogP contribution in [-0.4, -0.2) is 9.55 Å². The Balaban J connectivity index is 2.26. The normalized spacial score (nSPS) is 11.2. The highest BCUT2D eigenvalue weighted by atomic mass is 15.1. The molecule has 0 aliphatic rings. The molecule has 0 unspecified atom stereocenters. The summed E-state index contributed by atoms with van der Waals surface area (Å²) in [5.41, 5.74) is 12.8. The van der Waals surface area contributed by atoms with Crippen molar-refractivity contribution in [1.29, 1.82) is 0 Å². The van der Waals surface area contributed by atoms with Gasteiger partial charge < -0.3 is 10.3 Å². The zero-order valence-corrected chi connectivity index (χ0v) is 12.9. The Labute approximate surface area is 125 Å². The van der Waals surface area contributed by atoms with Crippen molar-refractivity contribution in [2.45, 2.75) is 33.9 Å². The fourth-order valence-electron chi connectivity index (χ4n) is 2.89. The van der Waals surface area contributed by atoms with E-state index in [1.54, 1.807) is 0 Å². The minimum atomic E-state index is 0.549. The summed E-state index contributed by atoms with van der Waals surface area (Å²) in [5, 5.41) is 0. The van der Waals surface area contributed by atoms with Gasteiger partial charge in [-0.3, -0.25) is 0 Å². The molecule has 0 aliphatic carbocycles. The highest BCUT2D eigenvalue weighted by Gasteiger charge is 2.13. The standard InChI is InChI=1S/C18H21N3/c1-4-21-17-8-6-14(11-19)10-16(17)20-18(21)15-7-5-12(2)9-13(15)3/h5-10H,4,11,19H2,1-3H3. The quantitative estimate of drug-likeness (QED) is 0.792. The van der Waals surface area contributed by atoms with E-state index in [-0.39, 0.29) is 0 Å². The van der Waals surface area contributed by atoms with Gasteiger partial charge in [-0.1, -0.05) is 29.8 Å². The lowest BCUT2D eigenvalue weighted by Gasteiger charge is -2.09. The summed E-state index contributed by atoms with van der Waals surface area (Å²) in [6, 6.07) is 12.8. The third-order valence-electron chi connectivity index (χ3n) is 3.99. The van der Waals surface area contributed by atoms with Gasteiger partial charge >= 0.3 is 0 Å². The summed E-state index contributed by atoms with van der Waals surface area (Å²) in [6.45, 7) is 7.88. The number of aromatic nitrogens is 2. The fraction of sp³-hybridized carbons (Fsp3) is 0.278. The maximum Gasteiger partial charge on any atom is 0.141 e. The Bertz CT molecular complexity index is 800. The van der Waals surface area contributed by atoms with Crippen molar-refractivity contribution in [3.63, 3.8) is 0 Å². The topological polar surface area (TPSA) is 43.8 Å². The maximum atomic E-state index is 5.74. The predicted octanol–water partition coefficient (Wildman–Crippen LogP) is 3.80. The zero-order chi connectivity index (χ0) is 15.0. The van der Waals surface area contributed by atoms with Crippen molar-refractivity contribution in [2.75, 3.05) is 0 Å². The van der Waals surface area contributed by atoms with Crippen molar-refractivity contribution < 1.29 is 0 Å². The van der Waals surface area contributed by atoms with Crippen LogP contribution >= 0.6 is 0 Å². The van der Waals surface area contributed by atoms with Crippen LogP contribution in [0.15, 0.2) is 36.4 Å². The van der Waals surface area contributed by atoms with E-state index >= 15 is 0 Å². The molecular formula is C18H21N3. The first kappa shape index (κ1) is 13.8. The van der Waals surface area contributed by atoms with Gasteiger partial charge in [0.25, 0.3) is 0 Å². The van der Waals surface area contributed by atoms with Crippen LogP contribution in [0, 0.1) is 13.8 Å². The molecule has 0 bridgehead atoms. The molecular weight excluding hydrogens is 258 g/mol. The Morgan fingerprint density at radius 1 is 1.10 bits per heavy atom. The van der Waals surface area contributed by atoms with Crippen LogP contribution < -0.4 is 5.73 Å². The molecule has 0 saturated carbocycles. The second-order valence-electron chi connectivity index (χ2n) is 5.53. The smallest absolute Gasteiger partial charge is 0.141 e. The molecule has 2 N–H and O–H groups in total. The van der Waals surface area contributed by atoms with Crippen molar-refractivity contribution in [3.05, 3.63) is 53.1 Å². The van der Waals surface area contributed by atoms with Gasteiger partial charge in [-0.15, -0.1) is 0 Å². The zero-order valence-electron chi connectivity index (χ0n) is 12.9. The number of nitrogens with zero attached hydrogens (tertiary/aromatic N) is 2. The first-order valence-electron chi connectivity index (χ1n) is 7.41. The number of rotatable bonds is 3. The van der Waals surface area contributed by atoms with Crippen molar-refractivity contribution in [2.24, 2.45) is 5.73 Å². The molecule has 0 fully saturated rings. The Hall–Kier alpha value is -2.13. The second-order valence-corrected chi connectivity index (χ2v) is 5.53. The number of fused-ring (bicyclic) bond motifs is 1. The third kappa shape index (κ3) is 2.34. The van der Waals surface area contributed by atoms with E-state index in [4.69, 9.17) is 10.7 Å². The van der Waals surface area contributed by atoms with Crippen LogP contribution in [-0.2, 0) is 13.1 Å². The summed E-state index contributed by atoms with van der Waals surface area (Å²) >= 11 is 0. The molecule has 21 heavy (non-hydrogen) atoms. The lowest BCUT2D eigenvalue weighted by atomic mass is 10.1. The summed E-state index contributed by atoms with van der Waals surface area (Å²) in [5.74, 6) is 1.04. The molecule has 0 amide bonds. The molecule has 1 heterocycles. The van der Waals surface area contributed by atoms with Gasteiger partial charge in [0, 0.05) is 18.7 Å². The van der Waals surface area contributed by atoms with E-state index < -0.39 is 0 Å². The first-order valence-corrected chi connectivity index (χ1v) is 7.41. The molecule has 3 aromatic rings. The first-order chi connectivity index (χ1) is 10.1. The lowest BCUT2D eigenvalue weighted by molar-refractivity contribution is 0.795. The summed E-state index contributed by atoms with van der Waals surface area (Å²) < 4.78 is 2.27. The van der Waals surface area contributed by atoms with Gasteiger partial charge in [-0.2, -0.15) is 0 Å². The van der Waals surface area contributed by atoms with Gasteiger partial charge in [0.2, 0.25) is 0 Å². The fourth-order valence-corrected chi connectivity index (χ4v) is 2.89. The van der Waals surface area contributed by atoms with Crippen molar-refractivity contribution >= 4 is 11.0 Å². The van der Waals surface area contributed by atoms with Gasteiger partial charge in [0.15, 0.2) is 0 Å². The molecule has 0 radical (unpaired) electrons. The monoisotopic (exact) mass is 279 g/mol. The summed E-state index contributed by atoms with van der Waals surface area (Å²) in [7, 11) is 0. The highest BCUT2D eigenvalue weighted by Crippen LogP contribution is 2.28. The minimum Gasteiger partial charge on any atom is -0.326 e. The van der Waals surface area contributed by atoms with Crippen LogP contribution in [0.3, 0.4) is 0 Å². The molecule has 2 aromatic carbocycles. The molecule has 0 spiro atoms. The molecule has 0 atom stereocenters. The lowest BCUT2D eigenvalue weighted by Crippen LogP contribution is -1.99. The largest absolute Gasteiger partial charge is 0.326 e. The summed E-state index contributed by atoms with van der Waals surface area (Å²) in [6.07, 6.45) is 0. The van der Waals surface area contributed by atoms with Gasteiger partial charge in [0.05, 0.1) is 11.0 Å². The maximum absolute atomic E-state index is 5.74. The van der Waals surface area contributed by atoms with E-state index in [0.29, 0.717) is 6.54 Å². The van der Waals surface area contributed by atoms with Gasteiger partial charge in [0.1, 0.15) is 5.82 Å². The van der Waals surface area contributed by atoms with Gasteiger partial charge in [-0.25, -0.2) is 4.98 Å². The average Bonchev–Trinajstić information content (AvgIpc) is 2.84. The highest BCUT2D eigenvalue weighted by molar-refractivity contribution is 5.82. The molecule has 1 aromatic heterocycles. The van der Waals surface area contributed by atoms with E-state index in [2.05, 4.69) is 61.7 Å². The predicted molar refractivity (Wildman–Crippen MR) is 88.2 cm³/mol. The number of benzene rings is 2. The third-order valence-corrected chi connectivity index (χ3v) is 3.99. The average molecular weight is 279 g/mol.